The lowest BCUT2D eigenvalue weighted by molar-refractivity contribution is 0.0574. The maximum absolute atomic E-state index is 14.3. The molecule has 0 saturated heterocycles. The van der Waals surface area contributed by atoms with E-state index in [1.807, 2.05) is 4.68 Å². The first-order chi connectivity index (χ1) is 12.5. The Morgan fingerprint density at radius 2 is 2.12 bits per heavy atom. The minimum Gasteiger partial charge on any atom is -0.326 e. The summed E-state index contributed by atoms with van der Waals surface area (Å²) in [6.45, 7) is 5.26. The summed E-state index contributed by atoms with van der Waals surface area (Å²) in [5.74, 6) is 1.55. The van der Waals surface area contributed by atoms with Crippen LogP contribution < -0.4 is 0 Å². The van der Waals surface area contributed by atoms with Crippen LogP contribution in [0.15, 0.2) is 18.2 Å². The molecule has 5 nitrogen and oxygen atoms in total. The van der Waals surface area contributed by atoms with Gasteiger partial charge in [0.2, 0.25) is 0 Å². The lowest BCUT2D eigenvalue weighted by atomic mass is 9.99. The Morgan fingerprint density at radius 1 is 1.35 bits per heavy atom. The second kappa shape index (κ2) is 6.65. The van der Waals surface area contributed by atoms with Crippen LogP contribution in [0.4, 0.5) is 4.39 Å². The number of nitrogens with zero attached hydrogens (tertiary/aromatic N) is 4. The van der Waals surface area contributed by atoms with Gasteiger partial charge in [0.25, 0.3) is 5.91 Å². The zero-order chi connectivity index (χ0) is 18.4. The van der Waals surface area contributed by atoms with Crippen molar-refractivity contribution >= 4 is 17.5 Å². The van der Waals surface area contributed by atoms with Gasteiger partial charge in [0.1, 0.15) is 11.6 Å². The summed E-state index contributed by atoms with van der Waals surface area (Å²) in [6, 6.07) is 4.11. The Kier molecular flexibility index (Phi) is 4.47. The number of hydrogen-bond acceptors (Lipinski definition) is 3. The number of carbonyl (C=O) groups excluding carboxylic acids is 1. The van der Waals surface area contributed by atoms with E-state index < -0.39 is 5.82 Å². The van der Waals surface area contributed by atoms with Crippen LogP contribution in [0.25, 0.3) is 0 Å². The molecule has 0 N–H and O–H groups in total. The predicted octanol–water partition coefficient (Wildman–Crippen LogP) is 4.19. The first-order valence-electron chi connectivity index (χ1n) is 9.15. The lowest BCUT2D eigenvalue weighted by Gasteiger charge is -2.36. The standard InChI is InChI=1S/C19H22ClFN4O/c1-11(2)10-15-18-22-17(12-6-7-12)23-25(18)9-8-24(15)19(26)16-13(20)4-3-5-14(16)21/h3-5,11-12,15H,6-10H2,1-2H3/t15-/m0/s1. The molecular weight excluding hydrogens is 355 g/mol. The first kappa shape index (κ1) is 17.5. The molecule has 1 saturated carbocycles. The van der Waals surface area contributed by atoms with E-state index in [0.717, 1.165) is 30.9 Å². The number of rotatable bonds is 4. The molecule has 1 aliphatic carbocycles. The minimum absolute atomic E-state index is 0.0571. The fourth-order valence-electron chi connectivity index (χ4n) is 3.56. The monoisotopic (exact) mass is 376 g/mol. The van der Waals surface area contributed by atoms with Gasteiger partial charge in [-0.15, -0.1) is 0 Å². The highest BCUT2D eigenvalue weighted by molar-refractivity contribution is 6.33. The zero-order valence-electron chi connectivity index (χ0n) is 15.0. The van der Waals surface area contributed by atoms with Gasteiger partial charge in [-0.2, -0.15) is 5.10 Å². The molecule has 0 bridgehead atoms. The Hall–Kier alpha value is -1.95. The van der Waals surface area contributed by atoms with Crippen LogP contribution in [0.1, 0.15) is 67.1 Å². The maximum Gasteiger partial charge on any atom is 0.259 e. The number of amides is 1. The molecule has 1 aromatic carbocycles. The molecule has 7 heteroatoms. The zero-order valence-corrected chi connectivity index (χ0v) is 15.7. The third-order valence-electron chi connectivity index (χ3n) is 5.02. The Labute approximate surface area is 157 Å². The van der Waals surface area contributed by atoms with Gasteiger partial charge >= 0.3 is 0 Å². The molecule has 1 atom stereocenters. The van der Waals surface area contributed by atoms with Crippen molar-refractivity contribution in [2.75, 3.05) is 6.54 Å². The maximum atomic E-state index is 14.3. The van der Waals surface area contributed by atoms with Crippen molar-refractivity contribution in [1.29, 1.82) is 0 Å². The summed E-state index contributed by atoms with van der Waals surface area (Å²) in [5.41, 5.74) is -0.0571. The molecule has 0 unspecified atom stereocenters. The number of benzene rings is 1. The molecule has 0 spiro atoms. The largest absolute Gasteiger partial charge is 0.326 e. The predicted molar refractivity (Wildman–Crippen MR) is 96.6 cm³/mol. The van der Waals surface area contributed by atoms with Crippen LogP contribution in [0.2, 0.25) is 5.02 Å². The van der Waals surface area contributed by atoms with E-state index in [4.69, 9.17) is 16.6 Å². The Morgan fingerprint density at radius 3 is 2.77 bits per heavy atom. The van der Waals surface area contributed by atoms with Gasteiger partial charge in [0.05, 0.1) is 23.2 Å². The van der Waals surface area contributed by atoms with Crippen molar-refractivity contribution in [1.82, 2.24) is 19.7 Å². The Balaban J connectivity index is 1.71. The number of halogens is 2. The summed E-state index contributed by atoms with van der Waals surface area (Å²) in [6.07, 6.45) is 3.01. The van der Waals surface area contributed by atoms with E-state index in [-0.39, 0.29) is 22.5 Å². The van der Waals surface area contributed by atoms with Gasteiger partial charge < -0.3 is 4.90 Å². The SMILES string of the molecule is CC(C)C[C@H]1c2nc(C3CC3)nn2CCN1C(=O)c1c(F)cccc1Cl. The van der Waals surface area contributed by atoms with E-state index in [0.29, 0.717) is 24.9 Å². The average molecular weight is 377 g/mol. The van der Waals surface area contributed by atoms with Crippen molar-refractivity contribution in [3.63, 3.8) is 0 Å². The van der Waals surface area contributed by atoms with Gasteiger partial charge in [-0.25, -0.2) is 14.1 Å². The smallest absolute Gasteiger partial charge is 0.259 e. The molecule has 26 heavy (non-hydrogen) atoms. The molecule has 1 fully saturated rings. The summed E-state index contributed by atoms with van der Waals surface area (Å²) in [4.78, 5) is 19.6. The molecule has 4 rings (SSSR count). The Bertz CT molecular complexity index is 826. The van der Waals surface area contributed by atoms with E-state index in [1.165, 1.54) is 12.1 Å². The van der Waals surface area contributed by atoms with Crippen LogP contribution in [-0.2, 0) is 6.54 Å². The number of hydrogen-bond donors (Lipinski definition) is 0. The second-order valence-corrected chi connectivity index (χ2v) is 7.97. The van der Waals surface area contributed by atoms with Crippen molar-refractivity contribution in [3.8, 4) is 0 Å². The third-order valence-corrected chi connectivity index (χ3v) is 5.33. The molecule has 1 aromatic heterocycles. The lowest BCUT2D eigenvalue weighted by Crippen LogP contribution is -2.43. The minimum atomic E-state index is -0.587. The van der Waals surface area contributed by atoms with E-state index in [1.54, 1.807) is 11.0 Å². The molecule has 138 valence electrons. The number of fused-ring (bicyclic) bond motifs is 1. The van der Waals surface area contributed by atoms with Crippen molar-refractivity contribution in [2.24, 2.45) is 5.92 Å². The van der Waals surface area contributed by atoms with Gasteiger partial charge in [0.15, 0.2) is 5.82 Å². The second-order valence-electron chi connectivity index (χ2n) is 7.57. The van der Waals surface area contributed by atoms with Crippen LogP contribution in [0, 0.1) is 11.7 Å². The van der Waals surface area contributed by atoms with E-state index in [2.05, 4.69) is 18.9 Å². The molecule has 1 amide bonds. The average Bonchev–Trinajstić information content (AvgIpc) is 3.33. The first-order valence-corrected chi connectivity index (χ1v) is 9.53. The topological polar surface area (TPSA) is 51.0 Å². The number of carbonyl (C=O) groups is 1. The molecule has 0 radical (unpaired) electrons. The fourth-order valence-corrected chi connectivity index (χ4v) is 3.81. The van der Waals surface area contributed by atoms with Gasteiger partial charge in [-0.1, -0.05) is 31.5 Å². The fraction of sp³-hybridized carbons (Fsp3) is 0.526. The van der Waals surface area contributed by atoms with E-state index in [9.17, 15) is 9.18 Å². The molecule has 1 aliphatic heterocycles. The van der Waals surface area contributed by atoms with Crippen molar-refractivity contribution in [2.45, 2.75) is 51.6 Å². The molecule has 2 aromatic rings. The molecule has 2 heterocycles. The summed E-state index contributed by atoms with van der Waals surface area (Å²) in [7, 11) is 0. The van der Waals surface area contributed by atoms with E-state index >= 15 is 0 Å². The van der Waals surface area contributed by atoms with Crippen LogP contribution in [0.3, 0.4) is 0 Å². The van der Waals surface area contributed by atoms with Crippen LogP contribution in [0.5, 0.6) is 0 Å². The van der Waals surface area contributed by atoms with Gasteiger partial charge in [0, 0.05) is 12.5 Å². The number of aromatic nitrogens is 3. The van der Waals surface area contributed by atoms with Crippen LogP contribution >= 0.6 is 11.6 Å². The highest BCUT2D eigenvalue weighted by Gasteiger charge is 2.38. The quantitative estimate of drug-likeness (QED) is 0.803. The van der Waals surface area contributed by atoms with Gasteiger partial charge in [-0.05, 0) is 37.3 Å². The molecular formula is C19H22ClFN4O. The van der Waals surface area contributed by atoms with Crippen LogP contribution in [-0.4, -0.2) is 32.1 Å². The van der Waals surface area contributed by atoms with Crippen molar-refractivity contribution < 1.29 is 9.18 Å². The third kappa shape index (κ3) is 3.11. The summed E-state index contributed by atoms with van der Waals surface area (Å²) < 4.78 is 16.2. The summed E-state index contributed by atoms with van der Waals surface area (Å²) in [5, 5.41) is 4.78. The summed E-state index contributed by atoms with van der Waals surface area (Å²) >= 11 is 6.13. The normalized spacial score (nSPS) is 19.7. The highest BCUT2D eigenvalue weighted by Crippen LogP contribution is 2.40. The molecule has 2 aliphatic rings. The van der Waals surface area contributed by atoms with Crippen molar-refractivity contribution in [3.05, 3.63) is 46.3 Å². The van der Waals surface area contributed by atoms with Gasteiger partial charge in [-0.3, -0.25) is 4.79 Å². The highest BCUT2D eigenvalue weighted by atomic mass is 35.5.